The molecule has 0 aromatic carbocycles. The molecule has 2 aromatic rings. The van der Waals surface area contributed by atoms with Gasteiger partial charge >= 0.3 is 0 Å². The normalized spacial score (nSPS) is 17.2. The van der Waals surface area contributed by atoms with Crippen LogP contribution in [0.15, 0.2) is 36.9 Å². The Morgan fingerprint density at radius 1 is 1.10 bits per heavy atom. The number of pyridine rings is 1. The molecule has 1 fully saturated rings. The highest BCUT2D eigenvalue weighted by Gasteiger charge is 2.27. The summed E-state index contributed by atoms with van der Waals surface area (Å²) in [6, 6.07) is 3.90. The van der Waals surface area contributed by atoms with Crippen LogP contribution in [-0.4, -0.2) is 15.0 Å². The first-order valence-corrected chi connectivity index (χ1v) is 7.47. The molecule has 0 bridgehead atoms. The molecular weight excluding hydrogens is 246 g/mol. The number of hydrogen-bond acceptors (Lipinski definition) is 3. The molecule has 3 nitrogen and oxygen atoms in total. The molecule has 0 radical (unpaired) electrons. The molecule has 0 unspecified atom stereocenters. The van der Waals surface area contributed by atoms with Crippen LogP contribution in [0.2, 0.25) is 0 Å². The largest absolute Gasteiger partial charge is 0.264 e. The molecular formula is C17H21N3. The minimum Gasteiger partial charge on any atom is -0.264 e. The van der Waals surface area contributed by atoms with E-state index in [0.717, 1.165) is 17.8 Å². The van der Waals surface area contributed by atoms with Crippen molar-refractivity contribution in [1.82, 2.24) is 15.0 Å². The van der Waals surface area contributed by atoms with E-state index in [4.69, 9.17) is 0 Å². The molecule has 0 N–H and O–H groups in total. The molecule has 3 rings (SSSR count). The Morgan fingerprint density at radius 3 is 2.50 bits per heavy atom. The monoisotopic (exact) mass is 267 g/mol. The van der Waals surface area contributed by atoms with Crippen LogP contribution in [0.1, 0.15) is 44.6 Å². The zero-order valence-corrected chi connectivity index (χ0v) is 12.0. The Hall–Kier alpha value is -1.77. The second kappa shape index (κ2) is 5.70. The zero-order chi connectivity index (χ0) is 13.8. The average Bonchev–Trinajstić information content (AvgIpc) is 2.94. The summed E-state index contributed by atoms with van der Waals surface area (Å²) >= 11 is 0. The van der Waals surface area contributed by atoms with Gasteiger partial charge in [0.1, 0.15) is 0 Å². The maximum atomic E-state index is 4.47. The van der Waals surface area contributed by atoms with Crippen LogP contribution in [0.5, 0.6) is 0 Å². The van der Waals surface area contributed by atoms with Crippen LogP contribution >= 0.6 is 0 Å². The van der Waals surface area contributed by atoms with Gasteiger partial charge in [0.05, 0.1) is 0 Å². The van der Waals surface area contributed by atoms with Crippen molar-refractivity contribution >= 4 is 0 Å². The highest BCUT2D eigenvalue weighted by atomic mass is 14.9. The van der Waals surface area contributed by atoms with Crippen LogP contribution in [0.4, 0.5) is 0 Å². The van der Waals surface area contributed by atoms with Gasteiger partial charge in [-0.2, -0.15) is 0 Å². The van der Waals surface area contributed by atoms with Gasteiger partial charge in [-0.3, -0.25) is 4.98 Å². The molecule has 3 heteroatoms. The van der Waals surface area contributed by atoms with Crippen molar-refractivity contribution in [3.63, 3.8) is 0 Å². The van der Waals surface area contributed by atoms with Crippen LogP contribution in [-0.2, 0) is 6.42 Å². The van der Waals surface area contributed by atoms with Gasteiger partial charge in [0, 0.05) is 30.4 Å². The minimum absolute atomic E-state index is 0.544. The fraction of sp³-hybridized carbons (Fsp3) is 0.471. The quantitative estimate of drug-likeness (QED) is 0.838. The Labute approximate surface area is 120 Å². The third-order valence-electron chi connectivity index (χ3n) is 4.45. The molecule has 1 saturated carbocycles. The van der Waals surface area contributed by atoms with Crippen molar-refractivity contribution in [2.75, 3.05) is 0 Å². The lowest BCUT2D eigenvalue weighted by Crippen LogP contribution is -2.12. The van der Waals surface area contributed by atoms with E-state index < -0.39 is 0 Å². The molecule has 2 heterocycles. The summed E-state index contributed by atoms with van der Waals surface area (Å²) in [7, 11) is 0. The fourth-order valence-electron chi connectivity index (χ4n) is 3.05. The molecule has 0 spiro atoms. The molecule has 0 atom stereocenters. The second-order valence-corrected chi connectivity index (χ2v) is 6.17. The van der Waals surface area contributed by atoms with E-state index >= 15 is 0 Å². The van der Waals surface area contributed by atoms with Crippen LogP contribution < -0.4 is 0 Å². The third kappa shape index (κ3) is 3.03. The summed E-state index contributed by atoms with van der Waals surface area (Å²) in [4.78, 5) is 13.0. The lowest BCUT2D eigenvalue weighted by molar-refractivity contribution is 0.308. The van der Waals surface area contributed by atoms with Gasteiger partial charge in [-0.25, -0.2) is 9.97 Å². The Kier molecular flexibility index (Phi) is 3.77. The third-order valence-corrected chi connectivity index (χ3v) is 4.45. The van der Waals surface area contributed by atoms with Gasteiger partial charge in [0.15, 0.2) is 5.82 Å². The molecule has 1 aliphatic rings. The Balaban J connectivity index is 1.64. The van der Waals surface area contributed by atoms with Crippen LogP contribution in [0, 0.1) is 5.41 Å². The van der Waals surface area contributed by atoms with Gasteiger partial charge in [-0.05, 0) is 48.8 Å². The number of rotatable bonds is 4. The number of aromatic nitrogens is 3. The molecule has 0 aliphatic heterocycles. The lowest BCUT2D eigenvalue weighted by Gasteiger charge is -2.22. The van der Waals surface area contributed by atoms with Crippen molar-refractivity contribution in [1.29, 1.82) is 0 Å². The van der Waals surface area contributed by atoms with Gasteiger partial charge in [-0.1, -0.05) is 19.8 Å². The van der Waals surface area contributed by atoms with Crippen molar-refractivity contribution in [3.05, 3.63) is 42.5 Å². The summed E-state index contributed by atoms with van der Waals surface area (Å²) in [6.07, 6.45) is 15.4. The van der Waals surface area contributed by atoms with Crippen LogP contribution in [0.25, 0.3) is 11.4 Å². The standard InChI is InChI=1S/C17H21N3/c1-17(7-2-3-8-17)9-6-14-11-19-16(20-12-14)15-5-4-10-18-13-15/h4-5,10-13H,2-3,6-9H2,1H3. The number of aryl methyl sites for hydroxylation is 1. The average molecular weight is 267 g/mol. The zero-order valence-electron chi connectivity index (χ0n) is 12.0. The summed E-state index contributed by atoms with van der Waals surface area (Å²) in [5.74, 6) is 0.758. The smallest absolute Gasteiger partial charge is 0.160 e. The van der Waals surface area contributed by atoms with Gasteiger partial charge in [-0.15, -0.1) is 0 Å². The summed E-state index contributed by atoms with van der Waals surface area (Å²) in [6.45, 7) is 2.42. The van der Waals surface area contributed by atoms with Crippen LogP contribution in [0.3, 0.4) is 0 Å². The van der Waals surface area contributed by atoms with Gasteiger partial charge < -0.3 is 0 Å². The maximum Gasteiger partial charge on any atom is 0.160 e. The van der Waals surface area contributed by atoms with E-state index in [1.54, 1.807) is 12.4 Å². The summed E-state index contributed by atoms with van der Waals surface area (Å²) < 4.78 is 0. The molecule has 0 amide bonds. The first-order valence-electron chi connectivity index (χ1n) is 7.47. The molecule has 104 valence electrons. The fourth-order valence-corrected chi connectivity index (χ4v) is 3.05. The maximum absolute atomic E-state index is 4.47. The summed E-state index contributed by atoms with van der Waals surface area (Å²) in [5.41, 5.74) is 2.76. The topological polar surface area (TPSA) is 38.7 Å². The molecule has 1 aliphatic carbocycles. The molecule has 0 saturated heterocycles. The summed E-state index contributed by atoms with van der Waals surface area (Å²) in [5, 5.41) is 0. The number of nitrogens with zero attached hydrogens (tertiary/aromatic N) is 3. The van der Waals surface area contributed by atoms with E-state index in [0.29, 0.717) is 5.41 Å². The second-order valence-electron chi connectivity index (χ2n) is 6.17. The SMILES string of the molecule is CC1(CCc2cnc(-c3cccnc3)nc2)CCCC1. The highest BCUT2D eigenvalue weighted by molar-refractivity contribution is 5.52. The Bertz CT molecular complexity index is 542. The van der Waals surface area contributed by atoms with E-state index in [2.05, 4.69) is 21.9 Å². The first-order chi connectivity index (χ1) is 9.75. The van der Waals surface area contributed by atoms with E-state index in [1.165, 1.54) is 37.7 Å². The van der Waals surface area contributed by atoms with E-state index in [-0.39, 0.29) is 0 Å². The van der Waals surface area contributed by atoms with Crippen molar-refractivity contribution in [3.8, 4) is 11.4 Å². The van der Waals surface area contributed by atoms with Gasteiger partial charge in [0.25, 0.3) is 0 Å². The van der Waals surface area contributed by atoms with Crippen molar-refractivity contribution in [2.45, 2.75) is 45.4 Å². The minimum atomic E-state index is 0.544. The number of hydrogen-bond donors (Lipinski definition) is 0. The van der Waals surface area contributed by atoms with Gasteiger partial charge in [0.2, 0.25) is 0 Å². The predicted octanol–water partition coefficient (Wildman–Crippen LogP) is 4.05. The first kappa shape index (κ1) is 13.2. The van der Waals surface area contributed by atoms with Crippen molar-refractivity contribution in [2.24, 2.45) is 5.41 Å². The lowest BCUT2D eigenvalue weighted by atomic mass is 9.83. The predicted molar refractivity (Wildman–Crippen MR) is 80.2 cm³/mol. The van der Waals surface area contributed by atoms with E-state index in [9.17, 15) is 0 Å². The Morgan fingerprint density at radius 2 is 1.85 bits per heavy atom. The molecule has 20 heavy (non-hydrogen) atoms. The molecule has 2 aromatic heterocycles. The highest BCUT2D eigenvalue weighted by Crippen LogP contribution is 2.41. The van der Waals surface area contributed by atoms with Crippen molar-refractivity contribution < 1.29 is 0 Å². The van der Waals surface area contributed by atoms with E-state index in [1.807, 2.05) is 24.5 Å².